The van der Waals surface area contributed by atoms with Crippen LogP contribution in [0.2, 0.25) is 5.02 Å². The topological polar surface area (TPSA) is 86.8 Å². The molecule has 0 unspecified atom stereocenters. The highest BCUT2D eigenvalue weighted by Gasteiger charge is 2.34. The largest absolute Gasteiger partial charge is 0.352 e. The summed E-state index contributed by atoms with van der Waals surface area (Å²) in [4.78, 5) is 29.3. The predicted molar refractivity (Wildman–Crippen MR) is 167 cm³/mol. The normalized spacial score (nSPS) is 12.0. The van der Waals surface area contributed by atoms with Gasteiger partial charge in [0, 0.05) is 24.0 Å². The van der Waals surface area contributed by atoms with E-state index in [1.54, 1.807) is 42.5 Å². The van der Waals surface area contributed by atoms with Gasteiger partial charge in [-0.2, -0.15) is 0 Å². The zero-order chi connectivity index (χ0) is 31.0. The molecule has 4 aromatic rings. The number of rotatable bonds is 12. The van der Waals surface area contributed by atoms with Crippen molar-refractivity contribution in [2.75, 3.05) is 10.8 Å². The van der Waals surface area contributed by atoms with Crippen molar-refractivity contribution in [2.24, 2.45) is 0 Å². The minimum atomic E-state index is -4.25. The second-order valence-electron chi connectivity index (χ2n) is 10.3. The molecule has 1 atom stereocenters. The number of hydrogen-bond acceptors (Lipinski definition) is 4. The monoisotopic (exact) mass is 621 g/mol. The fourth-order valence-electron chi connectivity index (χ4n) is 4.58. The summed E-state index contributed by atoms with van der Waals surface area (Å²) in [6.45, 7) is 3.04. The van der Waals surface area contributed by atoms with E-state index in [4.69, 9.17) is 11.6 Å². The predicted octanol–water partition coefficient (Wildman–Crippen LogP) is 5.84. The summed E-state index contributed by atoms with van der Waals surface area (Å²) in [5.41, 5.74) is 1.64. The van der Waals surface area contributed by atoms with Crippen LogP contribution >= 0.6 is 11.6 Å². The number of carbonyl (C=O) groups is 2. The minimum Gasteiger partial charge on any atom is -0.352 e. The second kappa shape index (κ2) is 14.3. The van der Waals surface area contributed by atoms with Gasteiger partial charge in [0.25, 0.3) is 10.0 Å². The highest BCUT2D eigenvalue weighted by atomic mass is 35.5. The second-order valence-corrected chi connectivity index (χ2v) is 12.6. The molecule has 0 heterocycles. The van der Waals surface area contributed by atoms with E-state index in [0.717, 1.165) is 22.0 Å². The first-order valence-corrected chi connectivity index (χ1v) is 15.6. The van der Waals surface area contributed by atoms with E-state index in [9.17, 15) is 22.4 Å². The summed E-state index contributed by atoms with van der Waals surface area (Å²) >= 11 is 6.10. The molecule has 0 fully saturated rings. The van der Waals surface area contributed by atoms with Crippen molar-refractivity contribution in [3.8, 4) is 0 Å². The van der Waals surface area contributed by atoms with Crippen LogP contribution in [-0.2, 0) is 32.6 Å². The quantitative estimate of drug-likeness (QED) is 0.215. The van der Waals surface area contributed by atoms with E-state index in [0.29, 0.717) is 10.6 Å². The maximum atomic E-state index is 14.3. The van der Waals surface area contributed by atoms with Gasteiger partial charge in [-0.15, -0.1) is 0 Å². The van der Waals surface area contributed by atoms with Gasteiger partial charge in [0.2, 0.25) is 11.8 Å². The maximum Gasteiger partial charge on any atom is 0.264 e. The Morgan fingerprint density at radius 1 is 0.814 bits per heavy atom. The van der Waals surface area contributed by atoms with Gasteiger partial charge >= 0.3 is 0 Å². The van der Waals surface area contributed by atoms with Crippen LogP contribution in [0.25, 0.3) is 0 Å². The number of carbonyl (C=O) groups excluding carboxylic acids is 2. The van der Waals surface area contributed by atoms with Crippen molar-refractivity contribution in [1.29, 1.82) is 0 Å². The van der Waals surface area contributed by atoms with E-state index in [1.807, 2.05) is 44.2 Å². The summed E-state index contributed by atoms with van der Waals surface area (Å²) in [7, 11) is -4.25. The van der Waals surface area contributed by atoms with Gasteiger partial charge in [0.05, 0.1) is 10.6 Å². The van der Waals surface area contributed by atoms with E-state index in [1.165, 1.54) is 29.2 Å². The third kappa shape index (κ3) is 8.43. The molecular weight excluding hydrogens is 589 g/mol. The molecule has 0 saturated heterocycles. The van der Waals surface area contributed by atoms with Gasteiger partial charge in [0.1, 0.15) is 18.4 Å². The van der Waals surface area contributed by atoms with Crippen LogP contribution in [0.15, 0.2) is 114 Å². The number of benzene rings is 4. The molecule has 0 saturated carbocycles. The Morgan fingerprint density at radius 2 is 1.40 bits per heavy atom. The molecule has 7 nitrogen and oxygen atoms in total. The van der Waals surface area contributed by atoms with Crippen molar-refractivity contribution in [2.45, 2.75) is 43.8 Å². The number of hydrogen-bond donors (Lipinski definition) is 1. The zero-order valence-electron chi connectivity index (χ0n) is 23.9. The Balaban J connectivity index is 1.79. The molecule has 0 aromatic heterocycles. The average molecular weight is 622 g/mol. The Labute approximate surface area is 257 Å². The number of anilines is 1. The first-order chi connectivity index (χ1) is 20.5. The molecule has 43 heavy (non-hydrogen) atoms. The minimum absolute atomic E-state index is 0.0155. The van der Waals surface area contributed by atoms with Gasteiger partial charge in [-0.3, -0.25) is 13.9 Å². The summed E-state index contributed by atoms with van der Waals surface area (Å²) < 4.78 is 42.5. The molecule has 0 bridgehead atoms. The van der Waals surface area contributed by atoms with Crippen LogP contribution in [0.4, 0.5) is 10.1 Å². The highest BCUT2D eigenvalue weighted by Crippen LogP contribution is 2.25. The Bertz CT molecular complexity index is 1620. The summed E-state index contributed by atoms with van der Waals surface area (Å²) in [6.07, 6.45) is 0.195. The molecular formula is C33H33ClFN3O4S. The fraction of sp³-hybridized carbons (Fsp3) is 0.212. The van der Waals surface area contributed by atoms with Gasteiger partial charge in [-0.25, -0.2) is 12.8 Å². The van der Waals surface area contributed by atoms with Crippen molar-refractivity contribution in [3.05, 3.63) is 131 Å². The molecule has 0 aliphatic heterocycles. The van der Waals surface area contributed by atoms with Crippen molar-refractivity contribution < 1.29 is 22.4 Å². The molecule has 4 rings (SSSR count). The van der Waals surface area contributed by atoms with E-state index >= 15 is 0 Å². The molecule has 224 valence electrons. The molecule has 1 N–H and O–H groups in total. The van der Waals surface area contributed by atoms with Crippen LogP contribution in [0, 0.1) is 5.82 Å². The van der Waals surface area contributed by atoms with Gasteiger partial charge < -0.3 is 10.2 Å². The summed E-state index contributed by atoms with van der Waals surface area (Å²) in [5, 5.41) is 3.42. The lowest BCUT2D eigenvalue weighted by molar-refractivity contribution is -0.140. The summed E-state index contributed by atoms with van der Waals surface area (Å²) in [6, 6.07) is 27.6. The van der Waals surface area contributed by atoms with Crippen LogP contribution in [0.5, 0.6) is 0 Å². The van der Waals surface area contributed by atoms with Gasteiger partial charge in [-0.1, -0.05) is 72.3 Å². The molecule has 4 aromatic carbocycles. The smallest absolute Gasteiger partial charge is 0.264 e. The Hall–Kier alpha value is -4.21. The lowest BCUT2D eigenvalue weighted by atomic mass is 10.0. The number of amides is 2. The highest BCUT2D eigenvalue weighted by molar-refractivity contribution is 7.92. The SMILES string of the molecule is CC(C)NC(=O)[C@H](Cc1ccccc1)N(Cc1ccc(Cl)cc1)C(=O)CN(c1ccc(F)cc1)S(=O)(=O)c1ccccc1. The molecule has 2 amide bonds. The van der Waals surface area contributed by atoms with E-state index < -0.39 is 34.3 Å². The molecule has 0 aliphatic carbocycles. The van der Waals surface area contributed by atoms with E-state index in [-0.39, 0.29) is 35.5 Å². The fourth-order valence-corrected chi connectivity index (χ4v) is 6.14. The van der Waals surface area contributed by atoms with Crippen LogP contribution in [0.3, 0.4) is 0 Å². The third-order valence-corrected chi connectivity index (χ3v) is 8.73. The first-order valence-electron chi connectivity index (χ1n) is 13.8. The average Bonchev–Trinajstić information content (AvgIpc) is 2.99. The van der Waals surface area contributed by atoms with Crippen LogP contribution in [0.1, 0.15) is 25.0 Å². The van der Waals surface area contributed by atoms with E-state index in [2.05, 4.69) is 5.32 Å². The zero-order valence-corrected chi connectivity index (χ0v) is 25.4. The Morgan fingerprint density at radius 3 is 1.98 bits per heavy atom. The summed E-state index contributed by atoms with van der Waals surface area (Å²) in [5.74, 6) is -1.54. The van der Waals surface area contributed by atoms with Crippen LogP contribution < -0.4 is 9.62 Å². The lowest BCUT2D eigenvalue weighted by Crippen LogP contribution is -2.54. The third-order valence-electron chi connectivity index (χ3n) is 6.69. The van der Waals surface area contributed by atoms with Gasteiger partial charge in [-0.05, 0) is 73.5 Å². The number of halogens is 2. The first kappa shape index (κ1) is 31.7. The van der Waals surface area contributed by atoms with Crippen LogP contribution in [-0.4, -0.2) is 43.8 Å². The molecule has 0 aliphatic rings. The van der Waals surface area contributed by atoms with Gasteiger partial charge in [0.15, 0.2) is 0 Å². The Kier molecular flexibility index (Phi) is 10.6. The van der Waals surface area contributed by atoms with Crippen molar-refractivity contribution in [3.63, 3.8) is 0 Å². The number of nitrogens with one attached hydrogen (secondary N) is 1. The number of nitrogens with zero attached hydrogens (tertiary/aromatic N) is 2. The van der Waals surface area contributed by atoms with Crippen molar-refractivity contribution in [1.82, 2.24) is 10.2 Å². The van der Waals surface area contributed by atoms with Crippen molar-refractivity contribution >= 4 is 39.1 Å². The standard InChI is InChI=1S/C33H33ClFN3O4S/c1-24(2)36-33(40)31(21-25-9-5-3-6-10-25)37(22-26-13-15-27(34)16-14-26)32(39)23-38(29-19-17-28(35)18-20-29)43(41,42)30-11-7-4-8-12-30/h3-20,24,31H,21-23H2,1-2H3,(H,36,40)/t31-/m0/s1. The molecule has 0 radical (unpaired) electrons. The number of sulfonamides is 1. The molecule has 0 spiro atoms. The molecule has 10 heteroatoms. The lowest BCUT2D eigenvalue weighted by Gasteiger charge is -2.34. The maximum absolute atomic E-state index is 14.3.